The van der Waals surface area contributed by atoms with Gasteiger partial charge in [0.2, 0.25) is 0 Å². The zero-order chi connectivity index (χ0) is 81.1. The van der Waals surface area contributed by atoms with E-state index >= 15 is 0 Å². The fraction of sp³-hybridized carbons (Fsp3) is 0.957. The molecule has 0 amide bonds. The molecule has 19 heteroatoms. The summed E-state index contributed by atoms with van der Waals surface area (Å²) < 4.78 is 69.1. The van der Waals surface area contributed by atoms with Crippen LogP contribution in [0.4, 0.5) is 0 Å². The number of carbonyl (C=O) groups excluding carboxylic acids is 4. The van der Waals surface area contributed by atoms with Crippen LogP contribution in [0.1, 0.15) is 503 Å². The third kappa shape index (κ3) is 85.8. The number of aliphatic hydroxyl groups is 1. The molecule has 0 aliphatic carbocycles. The highest BCUT2D eigenvalue weighted by Gasteiger charge is 2.31. The van der Waals surface area contributed by atoms with Crippen LogP contribution in [-0.2, 0) is 65.4 Å². The van der Waals surface area contributed by atoms with Crippen molar-refractivity contribution in [2.24, 2.45) is 5.92 Å². The Morgan fingerprint density at radius 1 is 0.243 bits per heavy atom. The predicted molar refractivity (Wildman–Crippen MR) is 460 cm³/mol. The Labute approximate surface area is 683 Å². The number of unbranched alkanes of at least 4 members (excludes halogenated alkanes) is 64. The highest BCUT2D eigenvalue weighted by molar-refractivity contribution is 7.47. The maximum Gasteiger partial charge on any atom is 0.472 e. The third-order valence-corrected chi connectivity index (χ3v) is 23.7. The normalized spacial score (nSPS) is 13.7. The molecule has 0 aromatic carbocycles. The smallest absolute Gasteiger partial charge is 0.462 e. The summed E-state index contributed by atoms with van der Waals surface area (Å²) in [6.45, 7) is 7.38. The Hall–Kier alpha value is -1.94. The van der Waals surface area contributed by atoms with Gasteiger partial charge in [0, 0.05) is 25.7 Å². The van der Waals surface area contributed by atoms with E-state index in [1.54, 1.807) is 0 Å². The van der Waals surface area contributed by atoms with Crippen LogP contribution in [0.5, 0.6) is 0 Å². The highest BCUT2D eigenvalue weighted by Crippen LogP contribution is 2.45. The van der Waals surface area contributed by atoms with Gasteiger partial charge in [-0.1, -0.05) is 452 Å². The van der Waals surface area contributed by atoms with Crippen molar-refractivity contribution in [2.45, 2.75) is 522 Å². The van der Waals surface area contributed by atoms with E-state index < -0.39 is 97.5 Å². The summed E-state index contributed by atoms with van der Waals surface area (Å²) in [5.41, 5.74) is 0. The average molecular weight is 1620 g/mol. The number of phosphoric acid groups is 2. The molecule has 5 atom stereocenters. The van der Waals surface area contributed by atoms with Crippen LogP contribution in [0.15, 0.2) is 0 Å². The monoisotopic (exact) mass is 1620 g/mol. The van der Waals surface area contributed by atoms with E-state index in [0.717, 1.165) is 95.8 Å². The molecule has 17 nitrogen and oxygen atoms in total. The lowest BCUT2D eigenvalue weighted by Gasteiger charge is -2.21. The summed E-state index contributed by atoms with van der Waals surface area (Å²) in [7, 11) is -9.94. The SMILES string of the molecule is CCCCCCCCCCCCCCCCCCCCCCCCC(=O)O[C@H](COC(=O)CCCCCCCCCCCCCCCCCCCCCCC)COP(=O)(O)OC[C@@H](O)COP(=O)(O)OC[C@@H](COC(=O)CCCCCCCCCCCC(C)C)OC(=O)CCCCCCCCCCCCCCCCCC. The molecule has 3 N–H and O–H groups in total. The largest absolute Gasteiger partial charge is 0.472 e. The van der Waals surface area contributed by atoms with Gasteiger partial charge in [0.15, 0.2) is 12.2 Å². The molecule has 0 aliphatic heterocycles. The summed E-state index contributed by atoms with van der Waals surface area (Å²) in [6, 6.07) is 0. The molecule has 0 aromatic rings. The summed E-state index contributed by atoms with van der Waals surface area (Å²) in [4.78, 5) is 73.4. The number of rotatable bonds is 92. The van der Waals surface area contributed by atoms with Crippen molar-refractivity contribution in [1.82, 2.24) is 0 Å². The van der Waals surface area contributed by atoms with Gasteiger partial charge >= 0.3 is 39.5 Å². The van der Waals surface area contributed by atoms with Crippen LogP contribution >= 0.6 is 15.6 Å². The van der Waals surface area contributed by atoms with Crippen molar-refractivity contribution in [3.8, 4) is 0 Å². The first-order valence-electron chi connectivity index (χ1n) is 47.6. The number of carbonyl (C=O) groups is 4. The Bertz CT molecular complexity index is 2100. The average Bonchev–Trinajstić information content (AvgIpc) is 0.900. The Morgan fingerprint density at radius 3 is 0.613 bits per heavy atom. The van der Waals surface area contributed by atoms with E-state index in [4.69, 9.17) is 37.0 Å². The lowest BCUT2D eigenvalue weighted by molar-refractivity contribution is -0.161. The van der Waals surface area contributed by atoms with Crippen molar-refractivity contribution < 1.29 is 80.2 Å². The maximum absolute atomic E-state index is 13.2. The van der Waals surface area contributed by atoms with Gasteiger partial charge in [-0.3, -0.25) is 37.3 Å². The first-order chi connectivity index (χ1) is 54.0. The predicted octanol–water partition coefficient (Wildman–Crippen LogP) is 28.7. The number of phosphoric ester groups is 2. The fourth-order valence-corrected chi connectivity index (χ4v) is 16.1. The molecule has 0 fully saturated rings. The molecule has 0 spiro atoms. The van der Waals surface area contributed by atoms with E-state index in [0.29, 0.717) is 25.7 Å². The van der Waals surface area contributed by atoms with E-state index in [1.807, 2.05) is 0 Å². The highest BCUT2D eigenvalue weighted by atomic mass is 31.2. The lowest BCUT2D eigenvalue weighted by atomic mass is 10.0. The fourth-order valence-electron chi connectivity index (χ4n) is 14.5. The summed E-state index contributed by atoms with van der Waals surface area (Å²) in [5, 5.41) is 10.7. The van der Waals surface area contributed by atoms with E-state index in [9.17, 15) is 43.2 Å². The molecule has 0 aliphatic rings. The minimum Gasteiger partial charge on any atom is -0.462 e. The van der Waals surface area contributed by atoms with Crippen LogP contribution < -0.4 is 0 Å². The van der Waals surface area contributed by atoms with E-state index in [-0.39, 0.29) is 25.7 Å². The molecule has 660 valence electrons. The van der Waals surface area contributed by atoms with Gasteiger partial charge in [0.25, 0.3) is 0 Å². The molecule has 0 aromatic heterocycles. The lowest BCUT2D eigenvalue weighted by Crippen LogP contribution is -2.30. The minimum atomic E-state index is -4.97. The summed E-state index contributed by atoms with van der Waals surface area (Å²) in [6.07, 6.45) is 80.8. The molecule has 0 bridgehead atoms. The van der Waals surface area contributed by atoms with Crippen LogP contribution in [-0.4, -0.2) is 96.7 Å². The van der Waals surface area contributed by atoms with Crippen molar-refractivity contribution in [3.63, 3.8) is 0 Å². The van der Waals surface area contributed by atoms with Crippen LogP contribution in [0.2, 0.25) is 0 Å². The van der Waals surface area contributed by atoms with Crippen LogP contribution in [0.25, 0.3) is 0 Å². The molecule has 0 saturated carbocycles. The number of aliphatic hydroxyl groups excluding tert-OH is 1. The number of ether oxygens (including phenoxy) is 4. The minimum absolute atomic E-state index is 0.109. The van der Waals surface area contributed by atoms with Crippen molar-refractivity contribution in [3.05, 3.63) is 0 Å². The zero-order valence-corrected chi connectivity index (χ0v) is 74.9. The summed E-state index contributed by atoms with van der Waals surface area (Å²) >= 11 is 0. The first kappa shape index (κ1) is 109. The number of hydrogen-bond donors (Lipinski definition) is 3. The second-order valence-corrected chi connectivity index (χ2v) is 36.4. The second-order valence-electron chi connectivity index (χ2n) is 33.5. The van der Waals surface area contributed by atoms with Crippen molar-refractivity contribution in [2.75, 3.05) is 39.6 Å². The molecule has 0 rings (SSSR count). The molecule has 2 unspecified atom stereocenters. The van der Waals surface area contributed by atoms with Gasteiger partial charge in [-0.2, -0.15) is 0 Å². The second kappa shape index (κ2) is 84.5. The van der Waals surface area contributed by atoms with Gasteiger partial charge in [0.05, 0.1) is 26.4 Å². The van der Waals surface area contributed by atoms with Crippen LogP contribution in [0.3, 0.4) is 0 Å². The Morgan fingerprint density at radius 2 is 0.414 bits per heavy atom. The molecular weight excluding hydrogens is 1440 g/mol. The van der Waals surface area contributed by atoms with Crippen LogP contribution in [0, 0.1) is 5.92 Å². The first-order valence-corrected chi connectivity index (χ1v) is 50.6. The molecule has 111 heavy (non-hydrogen) atoms. The quantitative estimate of drug-likeness (QED) is 0.0222. The number of esters is 4. The third-order valence-electron chi connectivity index (χ3n) is 21.8. The standard InChI is InChI=1S/C92H180O17P2/c1-6-9-12-15-18-21-24-27-30-33-35-37-39-41-43-46-49-52-57-63-68-73-78-91(96)108-87(81-102-89(94)75-70-65-60-55-50-47-45-42-40-38-36-34-31-28-25-22-19-16-13-10-7-2)83-106-110(98,99)104-79-86(93)80-105-111(100,101)107-84-88(82-103-90(95)76-71-66-61-58-53-54-59-64-69-74-85(4)5)109-92(97)77-72-67-62-56-51-48-44-32-29-26-23-20-17-14-11-8-3/h85-88,93H,6-84H2,1-5H3,(H,98,99)(H,100,101)/t86-,87-,88-/m1/s1. The maximum atomic E-state index is 13.2. The van der Waals surface area contributed by atoms with Gasteiger partial charge < -0.3 is 33.8 Å². The van der Waals surface area contributed by atoms with E-state index in [1.165, 1.54) is 327 Å². The Balaban J connectivity index is 5.23. The molecule has 0 heterocycles. The van der Waals surface area contributed by atoms with Gasteiger partial charge in [-0.25, -0.2) is 9.13 Å². The number of hydrogen-bond acceptors (Lipinski definition) is 15. The topological polar surface area (TPSA) is 237 Å². The Kier molecular flexibility index (Phi) is 83.0. The molecule has 0 radical (unpaired) electrons. The van der Waals surface area contributed by atoms with Gasteiger partial charge in [0.1, 0.15) is 19.3 Å². The van der Waals surface area contributed by atoms with Gasteiger partial charge in [-0.15, -0.1) is 0 Å². The van der Waals surface area contributed by atoms with Crippen molar-refractivity contribution >= 4 is 39.5 Å². The molecular formula is C92H180O17P2. The zero-order valence-electron chi connectivity index (χ0n) is 73.1. The molecule has 0 saturated heterocycles. The van der Waals surface area contributed by atoms with E-state index in [2.05, 4.69) is 34.6 Å². The van der Waals surface area contributed by atoms with Gasteiger partial charge in [-0.05, 0) is 31.6 Å². The van der Waals surface area contributed by atoms with Crippen molar-refractivity contribution in [1.29, 1.82) is 0 Å². The summed E-state index contributed by atoms with van der Waals surface area (Å²) in [5.74, 6) is -1.35.